The molecular weight excluding hydrogens is 634 g/mol. The molecule has 1 saturated heterocycles. The summed E-state index contributed by atoms with van der Waals surface area (Å²) in [5.41, 5.74) is 1.06. The van der Waals surface area contributed by atoms with Crippen LogP contribution in [0.25, 0.3) is 10.1 Å². The van der Waals surface area contributed by atoms with Crippen LogP contribution in [-0.4, -0.2) is 68.6 Å². The van der Waals surface area contributed by atoms with Crippen molar-refractivity contribution in [1.82, 2.24) is 14.5 Å². The molecule has 12 heteroatoms. The van der Waals surface area contributed by atoms with Crippen molar-refractivity contribution in [3.05, 3.63) is 93.8 Å². The van der Waals surface area contributed by atoms with Crippen LogP contribution < -0.4 is 14.2 Å². The van der Waals surface area contributed by atoms with E-state index in [-0.39, 0.29) is 43.6 Å². The zero-order valence-electron chi connectivity index (χ0n) is 25.4. The Kier molecular flexibility index (Phi) is 10.0. The monoisotopic (exact) mass is 669 g/mol. The number of fused-ring (bicyclic) bond motifs is 1. The number of methoxy groups -OCH3 is 2. The highest BCUT2D eigenvalue weighted by atomic mass is 35.5. The summed E-state index contributed by atoms with van der Waals surface area (Å²) in [6, 6.07) is 20.1. The number of thiophene rings is 1. The molecular formula is C33H36ClN3O6S2. The third-order valence-electron chi connectivity index (χ3n) is 8.23. The number of sulfonamides is 1. The predicted octanol–water partition coefficient (Wildman–Crippen LogP) is 5.72. The van der Waals surface area contributed by atoms with Gasteiger partial charge in [0.2, 0.25) is 15.9 Å². The topological polar surface area (TPSA) is 105 Å². The van der Waals surface area contributed by atoms with E-state index >= 15 is 0 Å². The molecule has 45 heavy (non-hydrogen) atoms. The molecule has 5 rings (SSSR count). The number of carbonyl (C=O) groups is 2. The summed E-state index contributed by atoms with van der Waals surface area (Å²) in [7, 11) is -0.619. The number of halogens is 1. The summed E-state index contributed by atoms with van der Waals surface area (Å²) in [5, 5.41) is 3.30. The number of benzene rings is 3. The van der Waals surface area contributed by atoms with E-state index in [0.29, 0.717) is 40.6 Å². The number of hydrogen-bond donors (Lipinski definition) is 1. The quantitative estimate of drug-likeness (QED) is 0.195. The number of ether oxygens (including phenoxy) is 2. The molecule has 0 saturated carbocycles. The van der Waals surface area contributed by atoms with Gasteiger partial charge in [-0.25, -0.2) is 13.1 Å². The summed E-state index contributed by atoms with van der Waals surface area (Å²) in [6.45, 7) is 2.75. The number of amides is 2. The average molecular weight is 670 g/mol. The molecule has 9 nitrogen and oxygen atoms in total. The zero-order valence-corrected chi connectivity index (χ0v) is 27.8. The van der Waals surface area contributed by atoms with E-state index in [0.717, 1.165) is 15.6 Å². The highest BCUT2D eigenvalue weighted by Crippen LogP contribution is 2.37. The first kappa shape index (κ1) is 32.7. The van der Waals surface area contributed by atoms with Crippen LogP contribution >= 0.6 is 22.9 Å². The van der Waals surface area contributed by atoms with Gasteiger partial charge in [-0.1, -0.05) is 48.0 Å². The van der Waals surface area contributed by atoms with Crippen LogP contribution in [0.15, 0.2) is 72.1 Å². The minimum atomic E-state index is -3.68. The normalized spacial score (nSPS) is 16.3. The van der Waals surface area contributed by atoms with E-state index in [1.807, 2.05) is 41.8 Å². The minimum Gasteiger partial charge on any atom is -0.497 e. The lowest BCUT2D eigenvalue weighted by molar-refractivity contribution is -0.149. The van der Waals surface area contributed by atoms with Crippen molar-refractivity contribution in [3.8, 4) is 11.5 Å². The number of nitrogens with zero attached hydrogens (tertiary/aromatic N) is 2. The fourth-order valence-corrected chi connectivity index (χ4v) is 7.59. The fourth-order valence-electron chi connectivity index (χ4n) is 5.50. The summed E-state index contributed by atoms with van der Waals surface area (Å²) in [5.74, 6) is 0.538. The van der Waals surface area contributed by atoms with Crippen molar-refractivity contribution in [2.24, 2.45) is 0 Å². The van der Waals surface area contributed by atoms with Gasteiger partial charge in [-0.05, 0) is 49.6 Å². The molecule has 1 aliphatic heterocycles. The molecule has 1 aliphatic rings. The molecule has 238 valence electrons. The lowest BCUT2D eigenvalue weighted by atomic mass is 9.84. The van der Waals surface area contributed by atoms with Crippen LogP contribution in [0, 0.1) is 0 Å². The van der Waals surface area contributed by atoms with Crippen molar-refractivity contribution >= 4 is 54.9 Å². The maximum atomic E-state index is 14.2. The second-order valence-corrected chi connectivity index (χ2v) is 14.4. The lowest BCUT2D eigenvalue weighted by Crippen LogP contribution is -2.67. The summed E-state index contributed by atoms with van der Waals surface area (Å²) >= 11 is 7.59. The highest BCUT2D eigenvalue weighted by Gasteiger charge is 2.51. The van der Waals surface area contributed by atoms with Gasteiger partial charge >= 0.3 is 0 Å². The molecule has 0 radical (unpaired) electrons. The standard InChI is InChI=1S/C33H36ClN3O6S2/c1-33(15-17-37(33)31(38)28-22-44-30-8-5-4-7-27(28)30)32(39)36(21-23-9-12-25(34)13-10-23)16-6-18-45(40,41)35-20-24-11-14-26(42-2)19-29(24)43-3/h4-5,7-14,19,22,35H,6,15-18,20-21H2,1-3H3. The van der Waals surface area contributed by atoms with Crippen LogP contribution in [0.4, 0.5) is 0 Å². The molecule has 3 aromatic carbocycles. The van der Waals surface area contributed by atoms with Gasteiger partial charge < -0.3 is 19.3 Å². The van der Waals surface area contributed by atoms with Gasteiger partial charge in [-0.3, -0.25) is 9.59 Å². The van der Waals surface area contributed by atoms with Crippen molar-refractivity contribution in [1.29, 1.82) is 0 Å². The lowest BCUT2D eigenvalue weighted by Gasteiger charge is -2.51. The molecule has 0 aliphatic carbocycles. The van der Waals surface area contributed by atoms with E-state index in [2.05, 4.69) is 4.72 Å². The Labute approximate surface area is 272 Å². The number of hydrogen-bond acceptors (Lipinski definition) is 7. The zero-order chi connectivity index (χ0) is 32.2. The Bertz CT molecular complexity index is 1790. The molecule has 1 unspecified atom stereocenters. The van der Waals surface area contributed by atoms with Crippen LogP contribution in [-0.2, 0) is 27.9 Å². The largest absolute Gasteiger partial charge is 0.497 e. The van der Waals surface area contributed by atoms with Crippen molar-refractivity contribution in [2.75, 3.05) is 33.1 Å². The second kappa shape index (κ2) is 13.8. The highest BCUT2D eigenvalue weighted by molar-refractivity contribution is 7.89. The van der Waals surface area contributed by atoms with Gasteiger partial charge in [0.25, 0.3) is 5.91 Å². The van der Waals surface area contributed by atoms with Gasteiger partial charge in [-0.15, -0.1) is 11.3 Å². The summed E-state index contributed by atoms with van der Waals surface area (Å²) in [4.78, 5) is 31.2. The van der Waals surface area contributed by atoms with E-state index in [1.165, 1.54) is 18.4 Å². The predicted molar refractivity (Wildman–Crippen MR) is 178 cm³/mol. The maximum absolute atomic E-state index is 14.2. The van der Waals surface area contributed by atoms with Crippen molar-refractivity contribution in [3.63, 3.8) is 0 Å². The van der Waals surface area contributed by atoms with E-state index < -0.39 is 15.6 Å². The summed E-state index contributed by atoms with van der Waals surface area (Å²) < 4.78 is 40.2. The molecule has 2 amide bonds. The molecule has 4 aromatic rings. The van der Waals surface area contributed by atoms with Gasteiger partial charge in [0, 0.05) is 58.3 Å². The number of nitrogens with one attached hydrogen (secondary N) is 1. The molecule has 1 atom stereocenters. The Morgan fingerprint density at radius 3 is 2.51 bits per heavy atom. The Morgan fingerprint density at radius 1 is 1.07 bits per heavy atom. The van der Waals surface area contributed by atoms with Crippen LogP contribution in [0.1, 0.15) is 41.3 Å². The summed E-state index contributed by atoms with van der Waals surface area (Å²) in [6.07, 6.45) is 0.716. The van der Waals surface area contributed by atoms with Gasteiger partial charge in [0.1, 0.15) is 17.0 Å². The Hall–Kier alpha value is -3.64. The molecule has 0 bridgehead atoms. The third-order valence-corrected chi connectivity index (χ3v) is 10.9. The first-order valence-electron chi connectivity index (χ1n) is 14.5. The van der Waals surface area contributed by atoms with Crippen LogP contribution in [0.5, 0.6) is 11.5 Å². The van der Waals surface area contributed by atoms with Crippen LogP contribution in [0.2, 0.25) is 5.02 Å². The van der Waals surface area contributed by atoms with Gasteiger partial charge in [-0.2, -0.15) is 0 Å². The fraction of sp³-hybridized carbons (Fsp3) is 0.333. The number of rotatable bonds is 13. The number of carbonyl (C=O) groups excluding carboxylic acids is 2. The van der Waals surface area contributed by atoms with Crippen LogP contribution in [0.3, 0.4) is 0 Å². The van der Waals surface area contributed by atoms with E-state index in [1.54, 1.807) is 54.2 Å². The maximum Gasteiger partial charge on any atom is 0.256 e. The molecule has 1 fully saturated rings. The second-order valence-electron chi connectivity index (χ2n) is 11.2. The minimum absolute atomic E-state index is 0.0509. The third kappa shape index (κ3) is 7.27. The molecule has 1 N–H and O–H groups in total. The Balaban J connectivity index is 1.28. The first-order chi connectivity index (χ1) is 21.5. The van der Waals surface area contributed by atoms with Crippen molar-refractivity contribution < 1.29 is 27.5 Å². The van der Waals surface area contributed by atoms with Crippen molar-refractivity contribution in [2.45, 2.75) is 38.4 Å². The van der Waals surface area contributed by atoms with Gasteiger partial charge in [0.05, 0.1) is 25.5 Å². The van der Waals surface area contributed by atoms with E-state index in [4.69, 9.17) is 21.1 Å². The molecule has 2 heterocycles. The van der Waals surface area contributed by atoms with E-state index in [9.17, 15) is 18.0 Å². The molecule has 0 spiro atoms. The average Bonchev–Trinajstić information content (AvgIpc) is 3.47. The SMILES string of the molecule is COc1ccc(CNS(=O)(=O)CCCN(Cc2ccc(Cl)cc2)C(=O)C2(C)CCN2C(=O)c2csc3ccccc23)c(OC)c1. The Morgan fingerprint density at radius 2 is 1.82 bits per heavy atom. The smallest absolute Gasteiger partial charge is 0.256 e. The number of likely N-dealkylation sites (tertiary alicyclic amines) is 1. The van der Waals surface area contributed by atoms with Gasteiger partial charge in [0.15, 0.2) is 0 Å². The first-order valence-corrected chi connectivity index (χ1v) is 17.5. The molecule has 1 aromatic heterocycles.